The number of aromatic nitrogens is 3. The second-order valence-electron chi connectivity index (χ2n) is 8.06. The number of nitrogens with zero attached hydrogens (tertiary/aromatic N) is 4. The van der Waals surface area contributed by atoms with Crippen molar-refractivity contribution in [2.45, 2.75) is 32.4 Å². The molecule has 2 aromatic heterocycles. The average Bonchev–Trinajstić information content (AvgIpc) is 3.34. The Morgan fingerprint density at radius 1 is 1.00 bits per heavy atom. The van der Waals surface area contributed by atoms with E-state index in [1.165, 1.54) is 27.9 Å². The molecule has 2 aromatic carbocycles. The van der Waals surface area contributed by atoms with E-state index in [0.717, 1.165) is 37.5 Å². The maximum atomic E-state index is 5.84. The first-order valence-electron chi connectivity index (χ1n) is 10.5. The SMILES string of the molecule is Cc1c(CN2CCc3onc(C(c4ccccc4)c4ccccc4)c3C2)cnn1C. The summed E-state index contributed by atoms with van der Waals surface area (Å²) in [6.45, 7) is 4.84. The molecule has 4 aromatic rings. The summed E-state index contributed by atoms with van der Waals surface area (Å²) in [5, 5.41) is 9.00. The van der Waals surface area contributed by atoms with E-state index in [9.17, 15) is 0 Å². The van der Waals surface area contributed by atoms with E-state index in [2.05, 4.69) is 82.7 Å². The lowest BCUT2D eigenvalue weighted by Crippen LogP contribution is -2.30. The van der Waals surface area contributed by atoms with Crippen LogP contribution in [0, 0.1) is 6.92 Å². The Kier molecular flexibility index (Phi) is 4.97. The molecule has 152 valence electrons. The summed E-state index contributed by atoms with van der Waals surface area (Å²) in [4.78, 5) is 2.47. The van der Waals surface area contributed by atoms with Crippen molar-refractivity contribution >= 4 is 0 Å². The number of aryl methyl sites for hydroxylation is 1. The Morgan fingerprint density at radius 2 is 1.67 bits per heavy atom. The van der Waals surface area contributed by atoms with Gasteiger partial charge in [0.2, 0.25) is 0 Å². The molecule has 0 spiro atoms. The fraction of sp³-hybridized carbons (Fsp3) is 0.280. The average molecular weight is 399 g/mol. The van der Waals surface area contributed by atoms with E-state index in [4.69, 9.17) is 4.52 Å². The molecule has 0 radical (unpaired) electrons. The van der Waals surface area contributed by atoms with Crippen LogP contribution in [0.1, 0.15) is 45.3 Å². The molecule has 5 heteroatoms. The molecule has 0 atom stereocenters. The Hall–Kier alpha value is -3.18. The van der Waals surface area contributed by atoms with Crippen LogP contribution in [0.3, 0.4) is 0 Å². The number of hydrogen-bond donors (Lipinski definition) is 0. The second kappa shape index (κ2) is 7.92. The highest BCUT2D eigenvalue weighted by atomic mass is 16.5. The maximum Gasteiger partial charge on any atom is 0.142 e. The third-order valence-corrected chi connectivity index (χ3v) is 6.21. The van der Waals surface area contributed by atoms with Crippen LogP contribution in [0.2, 0.25) is 0 Å². The fourth-order valence-corrected chi connectivity index (χ4v) is 4.39. The van der Waals surface area contributed by atoms with Gasteiger partial charge in [0.25, 0.3) is 0 Å². The molecule has 0 N–H and O–H groups in total. The van der Waals surface area contributed by atoms with Gasteiger partial charge in [-0.15, -0.1) is 0 Å². The summed E-state index contributed by atoms with van der Waals surface area (Å²) in [7, 11) is 2.00. The van der Waals surface area contributed by atoms with Gasteiger partial charge in [0.15, 0.2) is 0 Å². The summed E-state index contributed by atoms with van der Waals surface area (Å²) in [5.41, 5.74) is 7.25. The largest absolute Gasteiger partial charge is 0.361 e. The van der Waals surface area contributed by atoms with Crippen molar-refractivity contribution in [1.82, 2.24) is 19.8 Å². The van der Waals surface area contributed by atoms with Gasteiger partial charge in [0.1, 0.15) is 11.5 Å². The standard InChI is InChI=1S/C25H26N4O/c1-18-21(15-26-28(18)2)16-29-14-13-23-22(17-29)25(27-30-23)24(19-9-5-3-6-10-19)20-11-7-4-8-12-20/h3-12,15,24H,13-14,16-17H2,1-2H3. The zero-order valence-electron chi connectivity index (χ0n) is 17.5. The van der Waals surface area contributed by atoms with Gasteiger partial charge in [-0.1, -0.05) is 65.8 Å². The Morgan fingerprint density at radius 3 is 2.27 bits per heavy atom. The van der Waals surface area contributed by atoms with E-state index in [0.29, 0.717) is 0 Å². The minimum absolute atomic E-state index is 0.0694. The molecule has 0 aliphatic carbocycles. The molecule has 0 saturated heterocycles. The first-order chi connectivity index (χ1) is 14.7. The lowest BCUT2D eigenvalue weighted by molar-refractivity contribution is 0.228. The molecule has 1 aliphatic heterocycles. The van der Waals surface area contributed by atoms with E-state index < -0.39 is 0 Å². The quantitative estimate of drug-likeness (QED) is 0.498. The van der Waals surface area contributed by atoms with Crippen molar-refractivity contribution in [3.8, 4) is 0 Å². The Bertz CT molecular complexity index is 1090. The zero-order chi connectivity index (χ0) is 20.5. The third kappa shape index (κ3) is 3.46. The van der Waals surface area contributed by atoms with Crippen LogP contribution < -0.4 is 0 Å². The third-order valence-electron chi connectivity index (χ3n) is 6.21. The molecule has 0 bridgehead atoms. The number of rotatable bonds is 5. The zero-order valence-corrected chi connectivity index (χ0v) is 17.5. The monoisotopic (exact) mass is 398 g/mol. The minimum Gasteiger partial charge on any atom is -0.361 e. The van der Waals surface area contributed by atoms with Gasteiger partial charge < -0.3 is 4.52 Å². The number of benzene rings is 2. The molecule has 30 heavy (non-hydrogen) atoms. The molecule has 0 saturated carbocycles. The van der Waals surface area contributed by atoms with Crippen molar-refractivity contribution in [3.05, 3.63) is 106 Å². The van der Waals surface area contributed by atoms with Crippen molar-refractivity contribution < 1.29 is 4.52 Å². The molecule has 1 aliphatic rings. The highest BCUT2D eigenvalue weighted by Gasteiger charge is 2.30. The molecular weight excluding hydrogens is 372 g/mol. The smallest absolute Gasteiger partial charge is 0.142 e. The maximum absolute atomic E-state index is 5.84. The van der Waals surface area contributed by atoms with Crippen LogP contribution in [-0.4, -0.2) is 26.4 Å². The van der Waals surface area contributed by atoms with Gasteiger partial charge in [-0.25, -0.2) is 0 Å². The molecular formula is C25H26N4O. The predicted octanol–water partition coefficient (Wildman–Crippen LogP) is 4.46. The normalized spacial score (nSPS) is 14.2. The lowest BCUT2D eigenvalue weighted by Gasteiger charge is -2.27. The number of fused-ring (bicyclic) bond motifs is 1. The summed E-state index contributed by atoms with van der Waals surface area (Å²) < 4.78 is 7.79. The highest BCUT2D eigenvalue weighted by molar-refractivity contribution is 5.44. The number of hydrogen-bond acceptors (Lipinski definition) is 4. The van der Waals surface area contributed by atoms with Crippen LogP contribution in [0.4, 0.5) is 0 Å². The second-order valence-corrected chi connectivity index (χ2v) is 8.06. The fourth-order valence-electron chi connectivity index (χ4n) is 4.39. The van der Waals surface area contributed by atoms with Gasteiger partial charge >= 0.3 is 0 Å². The first-order valence-corrected chi connectivity index (χ1v) is 10.5. The molecule has 5 nitrogen and oxygen atoms in total. The topological polar surface area (TPSA) is 47.1 Å². The predicted molar refractivity (Wildman–Crippen MR) is 116 cm³/mol. The van der Waals surface area contributed by atoms with E-state index in [1.54, 1.807) is 0 Å². The van der Waals surface area contributed by atoms with E-state index in [1.807, 2.05) is 17.9 Å². The summed E-state index contributed by atoms with van der Waals surface area (Å²) in [5.74, 6) is 1.10. The molecule has 3 heterocycles. The van der Waals surface area contributed by atoms with Crippen molar-refractivity contribution in [3.63, 3.8) is 0 Å². The van der Waals surface area contributed by atoms with E-state index in [-0.39, 0.29) is 5.92 Å². The van der Waals surface area contributed by atoms with Crippen molar-refractivity contribution in [2.75, 3.05) is 6.54 Å². The Balaban J connectivity index is 1.50. The molecule has 0 amide bonds. The molecule has 0 unspecified atom stereocenters. The van der Waals surface area contributed by atoms with Gasteiger partial charge in [-0.05, 0) is 18.1 Å². The summed E-state index contributed by atoms with van der Waals surface area (Å²) in [6.07, 6.45) is 2.87. The van der Waals surface area contributed by atoms with Crippen LogP contribution in [0.25, 0.3) is 0 Å². The summed E-state index contributed by atoms with van der Waals surface area (Å²) in [6, 6.07) is 21.2. The highest BCUT2D eigenvalue weighted by Crippen LogP contribution is 2.36. The van der Waals surface area contributed by atoms with Crippen molar-refractivity contribution in [2.24, 2.45) is 7.05 Å². The Labute approximate surface area is 176 Å². The van der Waals surface area contributed by atoms with Crippen LogP contribution in [0.15, 0.2) is 71.4 Å². The van der Waals surface area contributed by atoms with Crippen molar-refractivity contribution in [1.29, 1.82) is 0 Å². The van der Waals surface area contributed by atoms with E-state index >= 15 is 0 Å². The van der Waals surface area contributed by atoms with Gasteiger partial charge in [-0.2, -0.15) is 5.10 Å². The minimum atomic E-state index is 0.0694. The van der Waals surface area contributed by atoms with Crippen LogP contribution in [0.5, 0.6) is 0 Å². The van der Waals surface area contributed by atoms with Crippen LogP contribution in [-0.2, 0) is 26.6 Å². The lowest BCUT2D eigenvalue weighted by atomic mass is 9.85. The van der Waals surface area contributed by atoms with Gasteiger partial charge in [-0.3, -0.25) is 9.58 Å². The first kappa shape index (κ1) is 18.8. The summed E-state index contributed by atoms with van der Waals surface area (Å²) >= 11 is 0. The van der Waals surface area contributed by atoms with Crippen LogP contribution >= 0.6 is 0 Å². The van der Waals surface area contributed by atoms with Gasteiger partial charge in [0, 0.05) is 49.9 Å². The molecule has 0 fully saturated rings. The molecule has 5 rings (SSSR count). The van der Waals surface area contributed by atoms with Gasteiger partial charge in [0.05, 0.1) is 12.1 Å².